The molecular formula is C20H17ClN2OS. The Bertz CT molecular complexity index is 929. The summed E-state index contributed by atoms with van der Waals surface area (Å²) in [4.78, 5) is 17.7. The highest BCUT2D eigenvalue weighted by Crippen LogP contribution is 2.30. The Labute approximate surface area is 156 Å². The first-order chi connectivity index (χ1) is 12.0. The summed E-state index contributed by atoms with van der Waals surface area (Å²) in [5.41, 5.74) is 3.95. The molecule has 0 saturated carbocycles. The summed E-state index contributed by atoms with van der Waals surface area (Å²) in [7, 11) is 0. The van der Waals surface area contributed by atoms with Crippen LogP contribution in [0.4, 0.5) is 5.13 Å². The largest absolute Gasteiger partial charge is 0.298 e. The molecule has 0 unspecified atom stereocenters. The van der Waals surface area contributed by atoms with Crippen LogP contribution >= 0.6 is 22.9 Å². The van der Waals surface area contributed by atoms with Crippen molar-refractivity contribution in [2.75, 3.05) is 5.32 Å². The van der Waals surface area contributed by atoms with Crippen molar-refractivity contribution in [3.05, 3.63) is 75.6 Å². The van der Waals surface area contributed by atoms with E-state index in [9.17, 15) is 4.79 Å². The molecule has 0 aliphatic heterocycles. The van der Waals surface area contributed by atoms with E-state index in [1.54, 1.807) is 12.1 Å². The van der Waals surface area contributed by atoms with Crippen molar-refractivity contribution in [3.8, 4) is 11.3 Å². The number of amides is 1. The smallest absolute Gasteiger partial charge is 0.250 e. The van der Waals surface area contributed by atoms with Gasteiger partial charge in [-0.05, 0) is 31.6 Å². The SMILES string of the molecule is Cc1ccc(-c2nc(NC(=O)C=Cc3ccccc3Cl)sc2C)cc1. The molecule has 2 aromatic carbocycles. The number of carbonyl (C=O) groups excluding carboxylic acids is 1. The van der Waals surface area contributed by atoms with Crippen molar-refractivity contribution in [1.29, 1.82) is 0 Å². The number of benzene rings is 2. The van der Waals surface area contributed by atoms with Gasteiger partial charge in [-0.15, -0.1) is 11.3 Å². The lowest BCUT2D eigenvalue weighted by molar-refractivity contribution is -0.111. The van der Waals surface area contributed by atoms with E-state index < -0.39 is 0 Å². The van der Waals surface area contributed by atoms with Gasteiger partial charge in [-0.3, -0.25) is 10.1 Å². The molecule has 0 radical (unpaired) electrons. The topological polar surface area (TPSA) is 42.0 Å². The predicted octanol–water partition coefficient (Wildman–Crippen LogP) is 5.73. The zero-order valence-electron chi connectivity index (χ0n) is 13.9. The molecule has 0 saturated heterocycles. The van der Waals surface area contributed by atoms with E-state index in [1.165, 1.54) is 23.0 Å². The maximum Gasteiger partial charge on any atom is 0.250 e. The zero-order valence-corrected chi connectivity index (χ0v) is 15.5. The first kappa shape index (κ1) is 17.4. The summed E-state index contributed by atoms with van der Waals surface area (Å²) >= 11 is 7.54. The van der Waals surface area contributed by atoms with Crippen molar-refractivity contribution >= 4 is 40.1 Å². The molecule has 0 spiro atoms. The van der Waals surface area contributed by atoms with Gasteiger partial charge in [0.25, 0.3) is 0 Å². The number of nitrogens with one attached hydrogen (secondary N) is 1. The molecule has 0 aliphatic carbocycles. The van der Waals surface area contributed by atoms with E-state index in [0.717, 1.165) is 21.7 Å². The van der Waals surface area contributed by atoms with Gasteiger partial charge in [0.05, 0.1) is 5.69 Å². The monoisotopic (exact) mass is 368 g/mol. The van der Waals surface area contributed by atoms with E-state index in [0.29, 0.717) is 10.2 Å². The molecule has 0 bridgehead atoms. The second-order valence-electron chi connectivity index (χ2n) is 5.63. The van der Waals surface area contributed by atoms with Crippen molar-refractivity contribution in [2.45, 2.75) is 13.8 Å². The average Bonchev–Trinajstić information content (AvgIpc) is 2.95. The molecule has 126 valence electrons. The number of nitrogens with zero attached hydrogens (tertiary/aromatic N) is 1. The maximum atomic E-state index is 12.1. The first-order valence-electron chi connectivity index (χ1n) is 7.81. The van der Waals surface area contributed by atoms with Gasteiger partial charge >= 0.3 is 0 Å². The number of hydrogen-bond donors (Lipinski definition) is 1. The number of thiazole rings is 1. The van der Waals surface area contributed by atoms with E-state index in [1.807, 2.05) is 37.3 Å². The minimum atomic E-state index is -0.232. The maximum absolute atomic E-state index is 12.1. The van der Waals surface area contributed by atoms with Crippen LogP contribution in [0.2, 0.25) is 5.02 Å². The molecule has 3 nitrogen and oxygen atoms in total. The van der Waals surface area contributed by atoms with Crippen LogP contribution in [-0.2, 0) is 4.79 Å². The summed E-state index contributed by atoms with van der Waals surface area (Å²) in [5.74, 6) is -0.232. The van der Waals surface area contributed by atoms with Crippen molar-refractivity contribution in [2.24, 2.45) is 0 Å². The second-order valence-corrected chi connectivity index (χ2v) is 7.24. The Morgan fingerprint density at radius 1 is 1.12 bits per heavy atom. The summed E-state index contributed by atoms with van der Waals surface area (Å²) in [6, 6.07) is 15.6. The van der Waals surface area contributed by atoms with Crippen LogP contribution in [0.15, 0.2) is 54.6 Å². The summed E-state index contributed by atoms with van der Waals surface area (Å²) in [5, 5.41) is 4.01. The highest BCUT2D eigenvalue weighted by Gasteiger charge is 2.11. The van der Waals surface area contributed by atoms with Crippen LogP contribution in [0.3, 0.4) is 0 Å². The Balaban J connectivity index is 1.73. The van der Waals surface area contributed by atoms with Crippen molar-refractivity contribution < 1.29 is 4.79 Å². The zero-order chi connectivity index (χ0) is 17.8. The van der Waals surface area contributed by atoms with Crippen LogP contribution in [0, 0.1) is 13.8 Å². The predicted molar refractivity (Wildman–Crippen MR) is 106 cm³/mol. The van der Waals surface area contributed by atoms with Gasteiger partial charge in [0, 0.05) is 21.5 Å². The molecule has 3 aromatic rings. The molecule has 1 N–H and O–H groups in total. The molecule has 5 heteroatoms. The number of anilines is 1. The Kier molecular flexibility index (Phi) is 5.31. The fourth-order valence-electron chi connectivity index (χ4n) is 2.35. The van der Waals surface area contributed by atoms with Crippen LogP contribution in [0.1, 0.15) is 16.0 Å². The Morgan fingerprint density at radius 2 is 1.84 bits per heavy atom. The number of aromatic nitrogens is 1. The normalized spacial score (nSPS) is 11.0. The number of hydrogen-bond acceptors (Lipinski definition) is 3. The van der Waals surface area contributed by atoms with E-state index >= 15 is 0 Å². The number of rotatable bonds is 4. The molecule has 1 aromatic heterocycles. The quantitative estimate of drug-likeness (QED) is 0.597. The fraction of sp³-hybridized carbons (Fsp3) is 0.100. The summed E-state index contributed by atoms with van der Waals surface area (Å²) in [6.07, 6.45) is 3.16. The standard InChI is InChI=1S/C20H17ClN2OS/c1-13-7-9-16(10-8-13)19-14(2)25-20(23-19)22-18(24)12-11-15-5-3-4-6-17(15)21/h3-12H,1-2H3,(H,22,23,24). The molecule has 3 rings (SSSR count). The molecular weight excluding hydrogens is 352 g/mol. The third-order valence-corrected chi connectivity index (χ3v) is 4.90. The lowest BCUT2D eigenvalue weighted by Gasteiger charge is -1.99. The van der Waals surface area contributed by atoms with Crippen molar-refractivity contribution in [1.82, 2.24) is 4.98 Å². The van der Waals surface area contributed by atoms with Gasteiger partial charge in [0.15, 0.2) is 5.13 Å². The summed E-state index contributed by atoms with van der Waals surface area (Å²) < 4.78 is 0. The third kappa shape index (κ3) is 4.35. The Morgan fingerprint density at radius 3 is 2.56 bits per heavy atom. The van der Waals surface area contributed by atoms with Gasteiger partial charge in [-0.2, -0.15) is 0 Å². The molecule has 0 atom stereocenters. The van der Waals surface area contributed by atoms with Gasteiger partial charge in [0.2, 0.25) is 5.91 Å². The Hall–Kier alpha value is -2.43. The van der Waals surface area contributed by atoms with Crippen molar-refractivity contribution in [3.63, 3.8) is 0 Å². The average molecular weight is 369 g/mol. The highest BCUT2D eigenvalue weighted by atomic mass is 35.5. The second kappa shape index (κ2) is 7.64. The minimum absolute atomic E-state index is 0.232. The molecule has 0 fully saturated rings. The highest BCUT2D eigenvalue weighted by molar-refractivity contribution is 7.16. The fourth-order valence-corrected chi connectivity index (χ4v) is 3.39. The lowest BCUT2D eigenvalue weighted by Crippen LogP contribution is -2.07. The lowest BCUT2D eigenvalue weighted by atomic mass is 10.1. The molecule has 1 heterocycles. The molecule has 25 heavy (non-hydrogen) atoms. The number of aryl methyl sites for hydroxylation is 2. The third-order valence-electron chi connectivity index (χ3n) is 3.67. The summed E-state index contributed by atoms with van der Waals surface area (Å²) in [6.45, 7) is 4.05. The first-order valence-corrected chi connectivity index (χ1v) is 9.00. The van der Waals surface area contributed by atoms with Crippen LogP contribution in [-0.4, -0.2) is 10.9 Å². The van der Waals surface area contributed by atoms with E-state index in [-0.39, 0.29) is 5.91 Å². The number of halogens is 1. The van der Waals surface area contributed by atoms with Crippen LogP contribution in [0.5, 0.6) is 0 Å². The van der Waals surface area contributed by atoms with E-state index in [4.69, 9.17) is 11.6 Å². The van der Waals surface area contributed by atoms with Gasteiger partial charge in [0.1, 0.15) is 0 Å². The van der Waals surface area contributed by atoms with E-state index in [2.05, 4.69) is 29.4 Å². The van der Waals surface area contributed by atoms with Gasteiger partial charge in [-0.25, -0.2) is 4.98 Å². The van der Waals surface area contributed by atoms with Gasteiger partial charge in [-0.1, -0.05) is 59.6 Å². The molecule has 1 amide bonds. The van der Waals surface area contributed by atoms with Crippen LogP contribution in [0.25, 0.3) is 17.3 Å². The number of carbonyl (C=O) groups is 1. The molecule has 0 aliphatic rings. The van der Waals surface area contributed by atoms with Gasteiger partial charge < -0.3 is 0 Å². The van der Waals surface area contributed by atoms with Crippen LogP contribution < -0.4 is 5.32 Å². The minimum Gasteiger partial charge on any atom is -0.298 e.